The van der Waals surface area contributed by atoms with E-state index in [-0.39, 0.29) is 12.2 Å². The van der Waals surface area contributed by atoms with Crippen molar-refractivity contribution in [1.82, 2.24) is 4.90 Å². The van der Waals surface area contributed by atoms with Crippen LogP contribution < -0.4 is 0 Å². The molecule has 0 N–H and O–H groups in total. The minimum Gasteiger partial charge on any atom is -0.284 e. The molecule has 0 radical (unpaired) electrons. The minimum absolute atomic E-state index is 0.0367. The van der Waals surface area contributed by atoms with Crippen molar-refractivity contribution in [3.05, 3.63) is 82.2 Å². The Kier molecular flexibility index (Phi) is 3.68. The van der Waals surface area contributed by atoms with E-state index >= 15 is 0 Å². The van der Waals surface area contributed by atoms with Gasteiger partial charge in [-0.25, -0.2) is 0 Å². The number of nitrogens with zero attached hydrogens (tertiary/aromatic N) is 4. The minimum atomic E-state index is -0.0367. The number of azide groups is 1. The maximum absolute atomic E-state index is 8.67. The highest BCUT2D eigenvalue weighted by Crippen LogP contribution is 2.36. The second kappa shape index (κ2) is 5.78. The second-order valence-electron chi connectivity index (χ2n) is 4.94. The van der Waals surface area contributed by atoms with Gasteiger partial charge in [-0.2, -0.15) is 0 Å². The fourth-order valence-corrected chi connectivity index (χ4v) is 2.72. The van der Waals surface area contributed by atoms with Gasteiger partial charge in [-0.1, -0.05) is 65.8 Å². The van der Waals surface area contributed by atoms with Crippen LogP contribution in [0.2, 0.25) is 0 Å². The maximum Gasteiger partial charge on any atom is 0.0906 e. The van der Waals surface area contributed by atoms with E-state index in [1.807, 2.05) is 36.4 Å². The van der Waals surface area contributed by atoms with Crippen molar-refractivity contribution in [2.24, 2.45) is 5.11 Å². The monoisotopic (exact) mass is 264 g/mol. The van der Waals surface area contributed by atoms with Gasteiger partial charge in [-0.3, -0.25) is 4.90 Å². The Labute approximate surface area is 118 Å². The van der Waals surface area contributed by atoms with Gasteiger partial charge in [0, 0.05) is 11.5 Å². The largest absolute Gasteiger partial charge is 0.284 e. The Bertz CT molecular complexity index is 565. The third-order valence-corrected chi connectivity index (χ3v) is 3.78. The molecule has 1 fully saturated rings. The summed E-state index contributed by atoms with van der Waals surface area (Å²) >= 11 is 0. The lowest BCUT2D eigenvalue weighted by molar-refractivity contribution is 0.0620. The Balaban J connectivity index is 1.98. The summed E-state index contributed by atoms with van der Waals surface area (Å²) in [6, 6.07) is 20.9. The maximum atomic E-state index is 8.67. The first-order valence-electron chi connectivity index (χ1n) is 6.80. The average molecular weight is 264 g/mol. The van der Waals surface area contributed by atoms with Gasteiger partial charge in [0.25, 0.3) is 0 Å². The standard InChI is InChI=1S/C16H16N4/c17-19-18-15-11-12-20(15)16(13-7-3-1-4-8-13)14-9-5-2-6-10-14/h1-10,15-16H,11-12H2. The molecule has 0 aromatic heterocycles. The van der Waals surface area contributed by atoms with Crippen molar-refractivity contribution >= 4 is 0 Å². The number of hydrogen-bond donors (Lipinski definition) is 0. The molecule has 20 heavy (non-hydrogen) atoms. The quantitative estimate of drug-likeness (QED) is 0.465. The van der Waals surface area contributed by atoms with Gasteiger partial charge in [0.15, 0.2) is 0 Å². The van der Waals surface area contributed by atoms with Crippen LogP contribution in [0.5, 0.6) is 0 Å². The van der Waals surface area contributed by atoms with Crippen LogP contribution >= 0.6 is 0 Å². The molecule has 2 aromatic carbocycles. The van der Waals surface area contributed by atoms with Crippen LogP contribution in [0.15, 0.2) is 65.8 Å². The molecule has 1 aliphatic heterocycles. The molecule has 1 atom stereocenters. The van der Waals surface area contributed by atoms with Crippen molar-refractivity contribution in [2.75, 3.05) is 6.54 Å². The van der Waals surface area contributed by atoms with E-state index in [1.165, 1.54) is 11.1 Å². The fourth-order valence-electron chi connectivity index (χ4n) is 2.72. The molecular formula is C16H16N4. The molecule has 0 spiro atoms. The smallest absolute Gasteiger partial charge is 0.0906 e. The van der Waals surface area contributed by atoms with Gasteiger partial charge in [-0.05, 0) is 23.1 Å². The molecule has 0 aliphatic carbocycles. The topological polar surface area (TPSA) is 52.0 Å². The molecule has 0 amide bonds. The number of benzene rings is 2. The third kappa shape index (κ3) is 2.39. The highest BCUT2D eigenvalue weighted by Gasteiger charge is 2.34. The predicted octanol–water partition coefficient (Wildman–Crippen LogP) is 4.12. The van der Waals surface area contributed by atoms with E-state index in [0.717, 1.165) is 13.0 Å². The van der Waals surface area contributed by atoms with Crippen molar-refractivity contribution < 1.29 is 0 Å². The van der Waals surface area contributed by atoms with Gasteiger partial charge < -0.3 is 0 Å². The SMILES string of the molecule is [N-]=[N+]=NC1CCN1C(c1ccccc1)c1ccccc1. The van der Waals surface area contributed by atoms with Gasteiger partial charge in [-0.15, -0.1) is 0 Å². The first-order valence-corrected chi connectivity index (χ1v) is 6.80. The van der Waals surface area contributed by atoms with Crippen LogP contribution in [0.4, 0.5) is 0 Å². The van der Waals surface area contributed by atoms with Gasteiger partial charge in [0.05, 0.1) is 12.2 Å². The fraction of sp³-hybridized carbons (Fsp3) is 0.250. The molecular weight excluding hydrogens is 248 g/mol. The number of hydrogen-bond acceptors (Lipinski definition) is 2. The first kappa shape index (κ1) is 12.7. The van der Waals surface area contributed by atoms with E-state index in [9.17, 15) is 0 Å². The highest BCUT2D eigenvalue weighted by atomic mass is 15.4. The first-order chi connectivity index (χ1) is 9.90. The molecule has 1 heterocycles. The third-order valence-electron chi connectivity index (χ3n) is 3.78. The molecule has 1 saturated heterocycles. The summed E-state index contributed by atoms with van der Waals surface area (Å²) in [6.07, 6.45) is 0.894. The lowest BCUT2D eigenvalue weighted by atomic mass is 9.93. The Morgan fingerprint density at radius 3 is 1.95 bits per heavy atom. The Morgan fingerprint density at radius 1 is 1.00 bits per heavy atom. The summed E-state index contributed by atoms with van der Waals surface area (Å²) in [5.41, 5.74) is 11.1. The normalized spacial score (nSPS) is 18.4. The molecule has 0 bridgehead atoms. The van der Waals surface area contributed by atoms with E-state index in [4.69, 9.17) is 5.53 Å². The second-order valence-corrected chi connectivity index (χ2v) is 4.94. The number of rotatable bonds is 4. The van der Waals surface area contributed by atoms with Crippen LogP contribution in [-0.4, -0.2) is 17.6 Å². The van der Waals surface area contributed by atoms with Crippen LogP contribution in [0.25, 0.3) is 10.4 Å². The van der Waals surface area contributed by atoms with Crippen molar-refractivity contribution in [3.63, 3.8) is 0 Å². The highest BCUT2D eigenvalue weighted by molar-refractivity contribution is 5.32. The van der Waals surface area contributed by atoms with Crippen LogP contribution in [0.1, 0.15) is 23.6 Å². The van der Waals surface area contributed by atoms with Gasteiger partial charge in [0.1, 0.15) is 0 Å². The van der Waals surface area contributed by atoms with Crippen molar-refractivity contribution in [3.8, 4) is 0 Å². The van der Waals surface area contributed by atoms with Crippen molar-refractivity contribution in [1.29, 1.82) is 0 Å². The summed E-state index contributed by atoms with van der Waals surface area (Å²) in [5, 5.41) is 3.89. The van der Waals surface area contributed by atoms with E-state index < -0.39 is 0 Å². The molecule has 100 valence electrons. The zero-order valence-electron chi connectivity index (χ0n) is 11.1. The van der Waals surface area contributed by atoms with E-state index in [0.29, 0.717) is 0 Å². The van der Waals surface area contributed by atoms with Gasteiger partial charge in [0.2, 0.25) is 0 Å². The lowest BCUT2D eigenvalue weighted by Gasteiger charge is -2.44. The van der Waals surface area contributed by atoms with Crippen LogP contribution in [-0.2, 0) is 0 Å². The summed E-state index contributed by atoms with van der Waals surface area (Å²) < 4.78 is 0. The summed E-state index contributed by atoms with van der Waals surface area (Å²) in [4.78, 5) is 5.22. The molecule has 1 unspecified atom stereocenters. The summed E-state index contributed by atoms with van der Waals surface area (Å²) in [6.45, 7) is 0.956. The lowest BCUT2D eigenvalue weighted by Crippen LogP contribution is -2.48. The summed E-state index contributed by atoms with van der Waals surface area (Å²) in [5.74, 6) is 0. The molecule has 3 rings (SSSR count). The van der Waals surface area contributed by atoms with Crippen molar-refractivity contribution in [2.45, 2.75) is 18.6 Å². The molecule has 4 heteroatoms. The van der Waals surface area contributed by atoms with E-state index in [2.05, 4.69) is 39.2 Å². The molecule has 2 aromatic rings. The van der Waals surface area contributed by atoms with Gasteiger partial charge >= 0.3 is 0 Å². The molecule has 0 saturated carbocycles. The Morgan fingerprint density at radius 2 is 1.55 bits per heavy atom. The average Bonchev–Trinajstić information content (AvgIpc) is 2.50. The molecule has 1 aliphatic rings. The molecule has 4 nitrogen and oxygen atoms in total. The predicted molar refractivity (Wildman–Crippen MR) is 79.0 cm³/mol. The van der Waals surface area contributed by atoms with Crippen LogP contribution in [0.3, 0.4) is 0 Å². The Hall–Kier alpha value is -2.29. The van der Waals surface area contributed by atoms with E-state index in [1.54, 1.807) is 0 Å². The number of likely N-dealkylation sites (tertiary alicyclic amines) is 1. The summed E-state index contributed by atoms with van der Waals surface area (Å²) in [7, 11) is 0. The zero-order valence-corrected chi connectivity index (χ0v) is 11.1. The van der Waals surface area contributed by atoms with Crippen LogP contribution in [0, 0.1) is 0 Å². The zero-order chi connectivity index (χ0) is 13.8.